The molecule has 9 heteroatoms. The molecule has 0 unspecified atom stereocenters. The Labute approximate surface area is 221 Å². The fraction of sp³-hybridized carbons (Fsp3) is 0.111. The molecule has 2 aliphatic heterocycles. The lowest BCUT2D eigenvalue weighted by Gasteiger charge is -2.27. The number of carbonyl (C=O) groups is 2. The molecule has 2 saturated heterocycles. The van der Waals surface area contributed by atoms with E-state index in [-0.39, 0.29) is 5.91 Å². The number of amides is 2. The summed E-state index contributed by atoms with van der Waals surface area (Å²) >= 11 is 18.4. The summed E-state index contributed by atoms with van der Waals surface area (Å²) < 4.78 is 6.23. The third-order valence-corrected chi connectivity index (χ3v) is 7.13. The van der Waals surface area contributed by atoms with Gasteiger partial charge >= 0.3 is 0 Å². The number of hydrogen-bond donors (Lipinski definition) is 0. The quantitative estimate of drug-likeness (QED) is 0.262. The third kappa shape index (κ3) is 3.78. The van der Waals surface area contributed by atoms with Crippen LogP contribution in [-0.4, -0.2) is 17.9 Å². The lowest BCUT2D eigenvalue weighted by atomic mass is 9.94. The largest absolute Gasteiger partial charge is 0.459 e. The topological polar surface area (TPSA) is 63.0 Å². The van der Waals surface area contributed by atoms with Crippen molar-refractivity contribution >= 4 is 58.0 Å². The molecule has 36 heavy (non-hydrogen) atoms. The molecule has 2 amide bonds. The minimum absolute atomic E-state index is 0.377. The molecule has 3 atom stereocenters. The van der Waals surface area contributed by atoms with Gasteiger partial charge < -0.3 is 4.42 Å². The van der Waals surface area contributed by atoms with Crippen molar-refractivity contribution in [2.75, 3.05) is 9.96 Å². The Kier molecular flexibility index (Phi) is 5.77. The monoisotopic (exact) mass is 538 g/mol. The van der Waals surface area contributed by atoms with Gasteiger partial charge in [0.25, 0.3) is 5.91 Å². The van der Waals surface area contributed by atoms with Gasteiger partial charge in [0, 0.05) is 15.6 Å². The summed E-state index contributed by atoms with van der Waals surface area (Å²) in [5, 5.41) is 3.03. The van der Waals surface area contributed by atoms with Gasteiger partial charge in [-0.2, -0.15) is 0 Å². The van der Waals surface area contributed by atoms with Crippen LogP contribution in [0.5, 0.6) is 0 Å². The predicted octanol–water partition coefficient (Wildman–Crippen LogP) is 6.96. The number of nitrogens with zero attached hydrogens (tertiary/aromatic N) is 2. The van der Waals surface area contributed by atoms with E-state index in [1.54, 1.807) is 59.7 Å². The molecule has 2 fully saturated rings. The van der Waals surface area contributed by atoms with Crippen LogP contribution in [0.4, 0.5) is 11.4 Å². The van der Waals surface area contributed by atoms with Crippen LogP contribution in [0.3, 0.4) is 0 Å². The van der Waals surface area contributed by atoms with Gasteiger partial charge in [0.05, 0.1) is 16.4 Å². The highest BCUT2D eigenvalue weighted by Crippen LogP contribution is 2.48. The van der Waals surface area contributed by atoms with Crippen molar-refractivity contribution in [3.8, 4) is 11.3 Å². The summed E-state index contributed by atoms with van der Waals surface area (Å²) in [5.74, 6) is -0.671. The number of carbonyl (C=O) groups excluding carboxylic acids is 2. The Balaban J connectivity index is 1.42. The Bertz CT molecular complexity index is 1470. The molecule has 180 valence electrons. The molecular weight excluding hydrogens is 523 g/mol. The van der Waals surface area contributed by atoms with Gasteiger partial charge in [0.15, 0.2) is 6.10 Å². The zero-order chi connectivity index (χ0) is 25.0. The molecule has 6 nitrogen and oxygen atoms in total. The van der Waals surface area contributed by atoms with Crippen molar-refractivity contribution in [1.82, 2.24) is 0 Å². The van der Waals surface area contributed by atoms with Gasteiger partial charge in [-0.05, 0) is 66.7 Å². The molecular formula is C27H17Cl3N2O4. The van der Waals surface area contributed by atoms with Gasteiger partial charge in [-0.25, -0.2) is 9.96 Å². The normalized spacial score (nSPS) is 21.4. The smallest absolute Gasteiger partial charge is 0.266 e. The Hall–Kier alpha value is -3.29. The van der Waals surface area contributed by atoms with Crippen molar-refractivity contribution in [3.05, 3.63) is 106 Å². The molecule has 0 aliphatic carbocycles. The molecule has 0 N–H and O–H groups in total. The van der Waals surface area contributed by atoms with Gasteiger partial charge in [-0.15, -0.1) is 0 Å². The van der Waals surface area contributed by atoms with Gasteiger partial charge in [0.1, 0.15) is 23.5 Å². The first-order valence-electron chi connectivity index (χ1n) is 11.1. The summed E-state index contributed by atoms with van der Waals surface area (Å²) in [4.78, 5) is 34.4. The van der Waals surface area contributed by atoms with Crippen LogP contribution >= 0.6 is 34.8 Å². The first-order valence-corrected chi connectivity index (χ1v) is 12.3. The van der Waals surface area contributed by atoms with E-state index in [1.165, 1.54) is 0 Å². The molecule has 0 saturated carbocycles. The average Bonchev–Trinajstić information content (AvgIpc) is 3.56. The number of hydrogen-bond acceptors (Lipinski definition) is 5. The van der Waals surface area contributed by atoms with E-state index >= 15 is 0 Å². The van der Waals surface area contributed by atoms with E-state index in [0.29, 0.717) is 43.5 Å². The number of halogens is 3. The Morgan fingerprint density at radius 2 is 1.44 bits per heavy atom. The van der Waals surface area contributed by atoms with Crippen LogP contribution in [0.1, 0.15) is 11.8 Å². The SMILES string of the molecule is O=C1[C@@H]2[C@H](ON(c3ccccc3)[C@@H]2c2ccc(-c3ccc(Cl)cc3Cl)o2)C(=O)N1c1ccc(Cl)cc1. The number of rotatable bonds is 4. The van der Waals surface area contributed by atoms with E-state index in [2.05, 4.69) is 0 Å². The minimum atomic E-state index is -1.01. The highest BCUT2D eigenvalue weighted by molar-refractivity contribution is 6.36. The summed E-state index contributed by atoms with van der Waals surface area (Å²) in [7, 11) is 0. The molecule has 6 rings (SSSR count). The van der Waals surface area contributed by atoms with Crippen LogP contribution in [0, 0.1) is 5.92 Å². The van der Waals surface area contributed by atoms with Gasteiger partial charge in [-0.3, -0.25) is 14.4 Å². The standard InChI is InChI=1S/C27H17Cl3N2O4/c28-15-6-9-17(10-7-15)31-26(33)23-24(32(36-25(23)27(31)34)18-4-2-1-3-5-18)22-13-12-21(35-22)19-11-8-16(29)14-20(19)30/h1-14,23-25H/t23-,24+,25-/m0/s1. The Morgan fingerprint density at radius 1 is 0.722 bits per heavy atom. The Morgan fingerprint density at radius 3 is 2.17 bits per heavy atom. The van der Waals surface area contributed by atoms with Crippen molar-refractivity contribution in [3.63, 3.8) is 0 Å². The second-order valence-electron chi connectivity index (χ2n) is 8.47. The number of furan rings is 1. The predicted molar refractivity (Wildman–Crippen MR) is 138 cm³/mol. The summed E-state index contributed by atoms with van der Waals surface area (Å²) in [5.41, 5.74) is 1.79. The molecule has 3 aromatic carbocycles. The minimum Gasteiger partial charge on any atom is -0.459 e. The average molecular weight is 540 g/mol. The maximum absolute atomic E-state index is 13.7. The van der Waals surface area contributed by atoms with E-state index in [1.807, 2.05) is 30.3 Å². The molecule has 4 aromatic rings. The van der Waals surface area contributed by atoms with Crippen molar-refractivity contribution in [1.29, 1.82) is 0 Å². The first-order chi connectivity index (χ1) is 17.4. The fourth-order valence-corrected chi connectivity index (χ4v) is 5.32. The zero-order valence-electron chi connectivity index (χ0n) is 18.5. The van der Waals surface area contributed by atoms with E-state index < -0.39 is 24.0 Å². The van der Waals surface area contributed by atoms with E-state index in [9.17, 15) is 9.59 Å². The number of fused-ring (bicyclic) bond motifs is 1. The van der Waals surface area contributed by atoms with Gasteiger partial charge in [0.2, 0.25) is 5.91 Å². The van der Waals surface area contributed by atoms with Gasteiger partial charge in [-0.1, -0.05) is 53.0 Å². The number of benzene rings is 3. The van der Waals surface area contributed by atoms with Crippen LogP contribution in [0.25, 0.3) is 11.3 Å². The van der Waals surface area contributed by atoms with Crippen LogP contribution < -0.4 is 9.96 Å². The van der Waals surface area contributed by atoms with Crippen molar-refractivity contribution < 1.29 is 18.8 Å². The van der Waals surface area contributed by atoms with Crippen LogP contribution in [-0.2, 0) is 14.4 Å². The highest BCUT2D eigenvalue weighted by atomic mass is 35.5. The maximum Gasteiger partial charge on any atom is 0.266 e. The highest BCUT2D eigenvalue weighted by Gasteiger charge is 2.61. The molecule has 0 spiro atoms. The summed E-state index contributed by atoms with van der Waals surface area (Å²) in [6.07, 6.45) is -1.01. The second kappa shape index (κ2) is 8.98. The molecule has 3 heterocycles. The second-order valence-corrected chi connectivity index (χ2v) is 9.75. The molecule has 0 radical (unpaired) electrons. The third-order valence-electron chi connectivity index (χ3n) is 6.33. The first kappa shape index (κ1) is 23.1. The summed E-state index contributed by atoms with van der Waals surface area (Å²) in [6, 6.07) is 23.8. The van der Waals surface area contributed by atoms with Crippen LogP contribution in [0.2, 0.25) is 15.1 Å². The number of imide groups is 1. The lowest BCUT2D eigenvalue weighted by Crippen LogP contribution is -2.37. The van der Waals surface area contributed by atoms with Crippen LogP contribution in [0.15, 0.2) is 89.3 Å². The lowest BCUT2D eigenvalue weighted by molar-refractivity contribution is -0.126. The summed E-state index contributed by atoms with van der Waals surface area (Å²) in [6.45, 7) is 0. The van der Waals surface area contributed by atoms with E-state index in [0.717, 1.165) is 4.90 Å². The molecule has 1 aromatic heterocycles. The van der Waals surface area contributed by atoms with Crippen molar-refractivity contribution in [2.45, 2.75) is 12.1 Å². The molecule has 2 aliphatic rings. The molecule has 0 bridgehead atoms. The number of hydroxylamine groups is 1. The van der Waals surface area contributed by atoms with E-state index in [4.69, 9.17) is 44.1 Å². The maximum atomic E-state index is 13.7. The fourth-order valence-electron chi connectivity index (χ4n) is 4.69. The number of anilines is 2. The van der Waals surface area contributed by atoms with Crippen molar-refractivity contribution in [2.24, 2.45) is 5.92 Å². The zero-order valence-corrected chi connectivity index (χ0v) is 20.7. The number of para-hydroxylation sites is 1.